The number of nitrogens with one attached hydrogen (secondary N) is 1. The van der Waals surface area contributed by atoms with E-state index in [-0.39, 0.29) is 11.6 Å². The molecule has 0 spiro atoms. The molecule has 0 bridgehead atoms. The lowest BCUT2D eigenvalue weighted by molar-refractivity contribution is 0.0951. The predicted octanol–water partition coefficient (Wildman–Crippen LogP) is 3.12. The number of ketones is 1. The van der Waals surface area contributed by atoms with E-state index < -0.39 is 0 Å². The Morgan fingerprint density at radius 2 is 2.00 bits per heavy atom. The molecule has 1 N–H and O–H groups in total. The SMILES string of the molecule is CC1CC(=O)c2cnc(Nc3ccc(F)cc3)nc2C1. The van der Waals surface area contributed by atoms with Gasteiger partial charge in [-0.15, -0.1) is 0 Å². The molecule has 1 aromatic heterocycles. The van der Waals surface area contributed by atoms with E-state index in [1.807, 2.05) is 6.92 Å². The Bertz CT molecular complexity index is 655. The fraction of sp³-hybridized carbons (Fsp3) is 0.267. The van der Waals surface area contributed by atoms with Crippen LogP contribution in [0.3, 0.4) is 0 Å². The predicted molar refractivity (Wildman–Crippen MR) is 73.5 cm³/mol. The van der Waals surface area contributed by atoms with Crippen molar-refractivity contribution in [1.82, 2.24) is 9.97 Å². The van der Waals surface area contributed by atoms with E-state index >= 15 is 0 Å². The highest BCUT2D eigenvalue weighted by atomic mass is 19.1. The molecule has 4 nitrogen and oxygen atoms in total. The van der Waals surface area contributed by atoms with Crippen LogP contribution in [0.4, 0.5) is 16.0 Å². The molecular formula is C15H14FN3O. The van der Waals surface area contributed by atoms with E-state index in [4.69, 9.17) is 0 Å². The molecule has 2 aromatic rings. The Hall–Kier alpha value is -2.30. The van der Waals surface area contributed by atoms with Gasteiger partial charge in [0, 0.05) is 18.3 Å². The van der Waals surface area contributed by atoms with Gasteiger partial charge >= 0.3 is 0 Å². The number of fused-ring (bicyclic) bond motifs is 1. The van der Waals surface area contributed by atoms with Gasteiger partial charge in [-0.25, -0.2) is 14.4 Å². The van der Waals surface area contributed by atoms with E-state index in [1.54, 1.807) is 18.3 Å². The quantitative estimate of drug-likeness (QED) is 0.911. The highest BCUT2D eigenvalue weighted by Crippen LogP contribution is 2.24. The van der Waals surface area contributed by atoms with E-state index in [2.05, 4.69) is 15.3 Å². The minimum Gasteiger partial charge on any atom is -0.324 e. The second-order valence-electron chi connectivity index (χ2n) is 5.12. The minimum atomic E-state index is -0.290. The second kappa shape index (κ2) is 5.00. The summed E-state index contributed by atoms with van der Waals surface area (Å²) in [5, 5.41) is 3.01. The normalized spacial score (nSPS) is 17.7. The van der Waals surface area contributed by atoms with Crippen molar-refractivity contribution in [3.8, 4) is 0 Å². The highest BCUT2D eigenvalue weighted by Gasteiger charge is 2.24. The Balaban J connectivity index is 1.87. The maximum absolute atomic E-state index is 12.8. The molecule has 0 fully saturated rings. The molecule has 1 aromatic carbocycles. The van der Waals surface area contributed by atoms with Crippen LogP contribution in [-0.4, -0.2) is 15.8 Å². The Morgan fingerprint density at radius 1 is 1.25 bits per heavy atom. The summed E-state index contributed by atoms with van der Waals surface area (Å²) >= 11 is 0. The molecule has 20 heavy (non-hydrogen) atoms. The number of carbonyl (C=O) groups excluding carboxylic acids is 1. The number of halogens is 1. The summed E-state index contributed by atoms with van der Waals surface area (Å²) in [6, 6.07) is 5.97. The molecule has 1 aliphatic carbocycles. The topological polar surface area (TPSA) is 54.9 Å². The third kappa shape index (κ3) is 2.52. The largest absolute Gasteiger partial charge is 0.324 e. The lowest BCUT2D eigenvalue weighted by Crippen LogP contribution is -2.20. The first-order valence-corrected chi connectivity index (χ1v) is 6.53. The molecule has 0 amide bonds. The van der Waals surface area contributed by atoms with Gasteiger partial charge in [0.1, 0.15) is 5.82 Å². The lowest BCUT2D eigenvalue weighted by Gasteiger charge is -2.19. The molecule has 3 rings (SSSR count). The zero-order chi connectivity index (χ0) is 14.1. The lowest BCUT2D eigenvalue weighted by atomic mass is 9.88. The third-order valence-electron chi connectivity index (χ3n) is 3.34. The number of hydrogen-bond donors (Lipinski definition) is 1. The molecule has 0 aliphatic heterocycles. The van der Waals surface area contributed by atoms with Crippen molar-refractivity contribution in [1.29, 1.82) is 0 Å². The number of Topliss-reactive ketones (excluding diaryl/α,β-unsaturated/α-hetero) is 1. The summed E-state index contributed by atoms with van der Waals surface area (Å²) in [4.78, 5) is 20.4. The summed E-state index contributed by atoms with van der Waals surface area (Å²) in [5.41, 5.74) is 2.11. The first-order chi connectivity index (χ1) is 9.61. The van der Waals surface area contributed by atoms with E-state index in [0.717, 1.165) is 12.1 Å². The van der Waals surface area contributed by atoms with Crippen molar-refractivity contribution in [2.24, 2.45) is 5.92 Å². The average molecular weight is 271 g/mol. The number of anilines is 2. The molecule has 0 radical (unpaired) electrons. The number of rotatable bonds is 2. The number of carbonyl (C=O) groups is 1. The van der Waals surface area contributed by atoms with Crippen LogP contribution in [0.5, 0.6) is 0 Å². The fourth-order valence-corrected chi connectivity index (χ4v) is 2.36. The number of aromatic nitrogens is 2. The number of benzene rings is 1. The van der Waals surface area contributed by atoms with Crippen molar-refractivity contribution >= 4 is 17.4 Å². The van der Waals surface area contributed by atoms with Crippen LogP contribution in [0.2, 0.25) is 0 Å². The molecule has 102 valence electrons. The van der Waals surface area contributed by atoms with Gasteiger partial charge in [-0.05, 0) is 36.6 Å². The molecule has 1 atom stereocenters. The highest BCUT2D eigenvalue weighted by molar-refractivity contribution is 5.98. The van der Waals surface area contributed by atoms with Gasteiger partial charge < -0.3 is 5.32 Å². The summed E-state index contributed by atoms with van der Waals surface area (Å²) in [6.07, 6.45) is 2.91. The van der Waals surface area contributed by atoms with E-state index in [9.17, 15) is 9.18 Å². The van der Waals surface area contributed by atoms with Crippen molar-refractivity contribution in [2.45, 2.75) is 19.8 Å². The first-order valence-electron chi connectivity index (χ1n) is 6.53. The molecule has 0 saturated heterocycles. The summed E-state index contributed by atoms with van der Waals surface area (Å²) in [5.74, 6) is 0.550. The molecule has 1 aliphatic rings. The van der Waals surface area contributed by atoms with Crippen LogP contribution in [-0.2, 0) is 6.42 Å². The van der Waals surface area contributed by atoms with Gasteiger partial charge in [0.15, 0.2) is 5.78 Å². The molecule has 1 unspecified atom stereocenters. The van der Waals surface area contributed by atoms with Gasteiger partial charge in [-0.3, -0.25) is 4.79 Å². The third-order valence-corrected chi connectivity index (χ3v) is 3.34. The van der Waals surface area contributed by atoms with Gasteiger partial charge in [-0.2, -0.15) is 0 Å². The summed E-state index contributed by atoms with van der Waals surface area (Å²) < 4.78 is 12.8. The fourth-order valence-electron chi connectivity index (χ4n) is 2.36. The number of hydrogen-bond acceptors (Lipinski definition) is 4. The van der Waals surface area contributed by atoms with Crippen LogP contribution in [0, 0.1) is 11.7 Å². The van der Waals surface area contributed by atoms with Crippen LogP contribution >= 0.6 is 0 Å². The Kier molecular flexibility index (Phi) is 3.18. The monoisotopic (exact) mass is 271 g/mol. The number of nitrogens with zero attached hydrogens (tertiary/aromatic N) is 2. The van der Waals surface area contributed by atoms with Crippen LogP contribution in [0.1, 0.15) is 29.4 Å². The van der Waals surface area contributed by atoms with Crippen LogP contribution in [0.15, 0.2) is 30.5 Å². The van der Waals surface area contributed by atoms with Crippen molar-refractivity contribution in [3.05, 3.63) is 47.5 Å². The Labute approximate surface area is 116 Å². The summed E-state index contributed by atoms with van der Waals surface area (Å²) in [7, 11) is 0. The second-order valence-corrected chi connectivity index (χ2v) is 5.12. The minimum absolute atomic E-state index is 0.104. The van der Waals surface area contributed by atoms with Crippen molar-refractivity contribution in [2.75, 3.05) is 5.32 Å². The van der Waals surface area contributed by atoms with Gasteiger partial charge in [0.2, 0.25) is 5.95 Å². The molecule has 0 saturated carbocycles. The summed E-state index contributed by atoms with van der Waals surface area (Å²) in [6.45, 7) is 2.04. The molecule has 5 heteroatoms. The smallest absolute Gasteiger partial charge is 0.227 e. The van der Waals surface area contributed by atoms with Crippen LogP contribution < -0.4 is 5.32 Å². The zero-order valence-electron chi connectivity index (χ0n) is 11.1. The maximum Gasteiger partial charge on any atom is 0.227 e. The standard InChI is InChI=1S/C15H14FN3O/c1-9-6-13-12(14(20)7-9)8-17-15(19-13)18-11-4-2-10(16)3-5-11/h2-5,8-9H,6-7H2,1H3,(H,17,18,19). The average Bonchev–Trinajstić information content (AvgIpc) is 2.41. The van der Waals surface area contributed by atoms with Crippen molar-refractivity contribution < 1.29 is 9.18 Å². The van der Waals surface area contributed by atoms with E-state index in [0.29, 0.717) is 29.5 Å². The zero-order valence-corrected chi connectivity index (χ0v) is 11.1. The van der Waals surface area contributed by atoms with Gasteiger partial charge in [-0.1, -0.05) is 6.92 Å². The van der Waals surface area contributed by atoms with Crippen LogP contribution in [0.25, 0.3) is 0 Å². The molecular weight excluding hydrogens is 257 g/mol. The Morgan fingerprint density at radius 3 is 2.75 bits per heavy atom. The van der Waals surface area contributed by atoms with Crippen molar-refractivity contribution in [3.63, 3.8) is 0 Å². The van der Waals surface area contributed by atoms with Gasteiger partial charge in [0.05, 0.1) is 11.3 Å². The maximum atomic E-state index is 12.8. The molecule has 1 heterocycles. The van der Waals surface area contributed by atoms with Gasteiger partial charge in [0.25, 0.3) is 0 Å². The first kappa shape index (κ1) is 12.7. The van der Waals surface area contributed by atoms with E-state index in [1.165, 1.54) is 12.1 Å².